The van der Waals surface area contributed by atoms with Crippen molar-refractivity contribution in [2.45, 2.75) is 13.0 Å². The number of carbonyl (C=O) groups is 1. The van der Waals surface area contributed by atoms with Gasteiger partial charge in [0.25, 0.3) is 5.91 Å². The molecule has 1 unspecified atom stereocenters. The van der Waals surface area contributed by atoms with Gasteiger partial charge in [0.15, 0.2) is 17.6 Å². The van der Waals surface area contributed by atoms with Crippen molar-refractivity contribution in [2.24, 2.45) is 5.73 Å². The zero-order valence-corrected chi connectivity index (χ0v) is 16.6. The van der Waals surface area contributed by atoms with Crippen molar-refractivity contribution < 1.29 is 9.53 Å². The summed E-state index contributed by atoms with van der Waals surface area (Å²) in [6.45, 7) is 1.61. The van der Waals surface area contributed by atoms with Gasteiger partial charge < -0.3 is 20.2 Å². The lowest BCUT2D eigenvalue weighted by Gasteiger charge is -2.13. The van der Waals surface area contributed by atoms with Crippen molar-refractivity contribution >= 4 is 34.0 Å². The number of amides is 1. The molecule has 31 heavy (non-hydrogen) atoms. The van der Waals surface area contributed by atoms with Crippen molar-refractivity contribution in [1.29, 1.82) is 0 Å². The Morgan fingerprint density at radius 3 is 2.87 bits per heavy atom. The van der Waals surface area contributed by atoms with Gasteiger partial charge in [-0.3, -0.25) is 9.89 Å². The number of benzene rings is 2. The molecule has 0 saturated heterocycles. The van der Waals surface area contributed by atoms with Gasteiger partial charge >= 0.3 is 0 Å². The van der Waals surface area contributed by atoms with E-state index in [0.717, 1.165) is 27.8 Å². The van der Waals surface area contributed by atoms with E-state index < -0.39 is 12.0 Å². The summed E-state index contributed by atoms with van der Waals surface area (Å²) in [7, 11) is 0. The van der Waals surface area contributed by atoms with Crippen LogP contribution in [0.5, 0.6) is 5.75 Å². The highest BCUT2D eigenvalue weighted by atomic mass is 16.5. The number of nitrogens with two attached hydrogens (primary N) is 1. The first-order valence-corrected chi connectivity index (χ1v) is 9.67. The van der Waals surface area contributed by atoms with Crippen LogP contribution in [0.15, 0.2) is 67.3 Å². The van der Waals surface area contributed by atoms with Crippen LogP contribution in [-0.2, 0) is 4.79 Å². The quantitative estimate of drug-likeness (QED) is 0.393. The summed E-state index contributed by atoms with van der Waals surface area (Å²) in [6, 6.07) is 13.2. The largest absolute Gasteiger partial charge is 0.481 e. The molecule has 3 heterocycles. The number of hydrogen-bond acceptors (Lipinski definition) is 6. The number of hydrogen-bond donors (Lipinski definition) is 3. The molecule has 0 aliphatic heterocycles. The molecule has 0 radical (unpaired) electrons. The molecular formula is C22H19N7O2. The fourth-order valence-electron chi connectivity index (χ4n) is 3.27. The molecule has 2 aromatic carbocycles. The van der Waals surface area contributed by atoms with E-state index in [-0.39, 0.29) is 0 Å². The third-order valence-electron chi connectivity index (χ3n) is 4.94. The number of aromatic nitrogens is 5. The molecule has 4 N–H and O–H groups in total. The first kappa shape index (κ1) is 18.6. The Bertz CT molecular complexity index is 1390. The van der Waals surface area contributed by atoms with E-state index in [0.29, 0.717) is 17.2 Å². The monoisotopic (exact) mass is 413 g/mol. The van der Waals surface area contributed by atoms with Crippen LogP contribution in [0.3, 0.4) is 0 Å². The highest BCUT2D eigenvalue weighted by molar-refractivity contribution is 5.84. The van der Waals surface area contributed by atoms with E-state index >= 15 is 0 Å². The third kappa shape index (κ3) is 3.64. The molecule has 0 spiro atoms. The average molecular weight is 413 g/mol. The second kappa shape index (κ2) is 7.45. The molecule has 5 aromatic rings. The average Bonchev–Trinajstić information content (AvgIpc) is 3.43. The van der Waals surface area contributed by atoms with Gasteiger partial charge in [0.2, 0.25) is 0 Å². The number of nitrogens with one attached hydrogen (secondary N) is 2. The lowest BCUT2D eigenvalue weighted by atomic mass is 10.1. The van der Waals surface area contributed by atoms with Crippen LogP contribution in [0.4, 0.5) is 11.5 Å². The maximum Gasteiger partial charge on any atom is 0.258 e. The molecule has 5 rings (SSSR count). The molecule has 1 amide bonds. The van der Waals surface area contributed by atoms with Gasteiger partial charge in [-0.05, 0) is 37.3 Å². The summed E-state index contributed by atoms with van der Waals surface area (Å²) in [5.41, 5.74) is 9.45. The predicted octanol–water partition coefficient (Wildman–Crippen LogP) is 3.27. The number of carbonyl (C=O) groups excluding carboxylic acids is 1. The standard InChI is InChI=1S/C22H19N7O2/c1-13(20(23)30)31-17-6-4-16(5-7-17)26-21-22-24-8-9-29(22)12-19(27-21)14-2-3-15-11-25-28-18(15)10-14/h2-13H,1H3,(H2,23,30)(H,25,28)(H,26,27). The van der Waals surface area contributed by atoms with Crippen LogP contribution < -0.4 is 15.8 Å². The molecule has 0 bridgehead atoms. The van der Waals surface area contributed by atoms with Crippen LogP contribution in [0, 0.1) is 0 Å². The van der Waals surface area contributed by atoms with Gasteiger partial charge in [0.1, 0.15) is 5.75 Å². The second-order valence-electron chi connectivity index (χ2n) is 7.12. The van der Waals surface area contributed by atoms with E-state index in [1.807, 2.05) is 47.1 Å². The number of ether oxygens (including phenoxy) is 1. The summed E-state index contributed by atoms with van der Waals surface area (Å²) in [4.78, 5) is 20.4. The van der Waals surface area contributed by atoms with Crippen molar-refractivity contribution in [3.8, 4) is 17.0 Å². The van der Waals surface area contributed by atoms with Crippen LogP contribution >= 0.6 is 0 Å². The number of nitrogens with zero attached hydrogens (tertiary/aromatic N) is 4. The number of rotatable bonds is 6. The Morgan fingerprint density at radius 2 is 2.06 bits per heavy atom. The highest BCUT2D eigenvalue weighted by Gasteiger charge is 2.12. The van der Waals surface area contributed by atoms with Crippen molar-refractivity contribution in [3.63, 3.8) is 0 Å². The number of primary amides is 1. The molecule has 0 saturated carbocycles. The first-order chi connectivity index (χ1) is 15.1. The molecule has 1 atom stereocenters. The van der Waals surface area contributed by atoms with Gasteiger partial charge in [0.05, 0.1) is 17.4 Å². The number of fused-ring (bicyclic) bond motifs is 2. The minimum atomic E-state index is -0.700. The molecule has 0 aliphatic rings. The van der Waals surface area contributed by atoms with Crippen LogP contribution in [0.2, 0.25) is 0 Å². The molecule has 0 fully saturated rings. The Balaban J connectivity index is 1.47. The molecule has 9 nitrogen and oxygen atoms in total. The number of anilines is 2. The van der Waals surface area contributed by atoms with Gasteiger partial charge in [-0.1, -0.05) is 12.1 Å². The zero-order valence-electron chi connectivity index (χ0n) is 16.6. The minimum Gasteiger partial charge on any atom is -0.481 e. The summed E-state index contributed by atoms with van der Waals surface area (Å²) in [5, 5.41) is 11.4. The number of aromatic amines is 1. The maximum absolute atomic E-state index is 11.2. The Labute approximate surface area is 176 Å². The van der Waals surface area contributed by atoms with Crippen molar-refractivity contribution in [1.82, 2.24) is 24.6 Å². The molecule has 154 valence electrons. The normalized spacial score (nSPS) is 12.2. The van der Waals surface area contributed by atoms with E-state index in [1.165, 1.54) is 0 Å². The van der Waals surface area contributed by atoms with Crippen LogP contribution in [0.25, 0.3) is 27.8 Å². The van der Waals surface area contributed by atoms with E-state index in [4.69, 9.17) is 15.5 Å². The molecular weight excluding hydrogens is 394 g/mol. The Hall–Kier alpha value is -4.40. The van der Waals surface area contributed by atoms with E-state index in [2.05, 4.69) is 20.5 Å². The highest BCUT2D eigenvalue weighted by Crippen LogP contribution is 2.27. The van der Waals surface area contributed by atoms with Crippen molar-refractivity contribution in [2.75, 3.05) is 5.32 Å². The fourth-order valence-corrected chi connectivity index (χ4v) is 3.27. The summed E-state index contributed by atoms with van der Waals surface area (Å²) >= 11 is 0. The lowest BCUT2D eigenvalue weighted by Crippen LogP contribution is -2.30. The third-order valence-corrected chi connectivity index (χ3v) is 4.94. The van der Waals surface area contributed by atoms with Gasteiger partial charge in [-0.15, -0.1) is 0 Å². The van der Waals surface area contributed by atoms with Gasteiger partial charge in [0, 0.05) is 35.2 Å². The van der Waals surface area contributed by atoms with Crippen LogP contribution in [0.1, 0.15) is 6.92 Å². The molecule has 0 aliphatic carbocycles. The Kier molecular flexibility index (Phi) is 4.47. The first-order valence-electron chi connectivity index (χ1n) is 9.67. The van der Waals surface area contributed by atoms with E-state index in [1.54, 1.807) is 31.5 Å². The van der Waals surface area contributed by atoms with Crippen molar-refractivity contribution in [3.05, 3.63) is 67.3 Å². The second-order valence-corrected chi connectivity index (χ2v) is 7.12. The predicted molar refractivity (Wildman–Crippen MR) is 117 cm³/mol. The fraction of sp³-hybridized carbons (Fsp3) is 0.0909. The van der Waals surface area contributed by atoms with Crippen LogP contribution in [-0.4, -0.2) is 36.6 Å². The molecule has 3 aromatic heterocycles. The summed E-state index contributed by atoms with van der Waals surface area (Å²) in [5.74, 6) is 0.655. The maximum atomic E-state index is 11.2. The zero-order chi connectivity index (χ0) is 21.4. The smallest absolute Gasteiger partial charge is 0.258 e. The van der Waals surface area contributed by atoms with Gasteiger partial charge in [-0.25, -0.2) is 9.97 Å². The number of imidazole rings is 1. The summed E-state index contributed by atoms with van der Waals surface area (Å²) in [6.07, 6.45) is 6.63. The topological polar surface area (TPSA) is 123 Å². The summed E-state index contributed by atoms with van der Waals surface area (Å²) < 4.78 is 7.43. The Morgan fingerprint density at radius 1 is 1.23 bits per heavy atom. The number of H-pyrrole nitrogens is 1. The van der Waals surface area contributed by atoms with E-state index in [9.17, 15) is 4.79 Å². The minimum absolute atomic E-state index is 0.516. The van der Waals surface area contributed by atoms with Gasteiger partial charge in [-0.2, -0.15) is 5.10 Å². The SMILES string of the molecule is CC(Oc1ccc(Nc2nc(-c3ccc4cn[nH]c4c3)cn3ccnc23)cc1)C(N)=O. The molecule has 9 heteroatoms. The lowest BCUT2D eigenvalue weighted by molar-refractivity contribution is -0.123.